The van der Waals surface area contributed by atoms with Gasteiger partial charge in [0.2, 0.25) is 0 Å². The molecular formula is C22H36Cl2Zr. The summed E-state index contributed by atoms with van der Waals surface area (Å²) in [7, 11) is 0. The summed E-state index contributed by atoms with van der Waals surface area (Å²) in [6, 6.07) is 0. The van der Waals surface area contributed by atoms with Crippen molar-refractivity contribution in [2.75, 3.05) is 0 Å². The van der Waals surface area contributed by atoms with Crippen LogP contribution in [0.1, 0.15) is 92.9 Å². The minimum absolute atomic E-state index is 0. The molecular weight excluding hydrogens is 426 g/mol. The molecule has 0 radical (unpaired) electrons. The van der Waals surface area contributed by atoms with Crippen LogP contribution in [0.25, 0.3) is 0 Å². The predicted octanol–water partition coefficient (Wildman–Crippen LogP) is 8.13. The Morgan fingerprint density at radius 3 is 1.08 bits per heavy atom. The van der Waals surface area contributed by atoms with Crippen molar-refractivity contribution in [3.8, 4) is 0 Å². The van der Waals surface area contributed by atoms with Crippen molar-refractivity contribution in [2.45, 2.75) is 92.9 Å². The molecule has 0 amide bonds. The average Bonchev–Trinajstić information content (AvgIpc) is 3.16. The summed E-state index contributed by atoms with van der Waals surface area (Å²) in [4.78, 5) is 0. The predicted molar refractivity (Wildman–Crippen MR) is 113 cm³/mol. The minimum atomic E-state index is 0. The Hall–Kier alpha value is 0.423. The van der Waals surface area contributed by atoms with E-state index in [1.54, 1.807) is 22.3 Å². The van der Waals surface area contributed by atoms with Crippen molar-refractivity contribution in [3.63, 3.8) is 0 Å². The maximum atomic E-state index is 3.45. The van der Waals surface area contributed by atoms with E-state index in [1.165, 1.54) is 36.8 Å². The Labute approximate surface area is 188 Å². The Balaban J connectivity index is -0.000000346. The van der Waals surface area contributed by atoms with Gasteiger partial charge in [-0.2, -0.15) is 22.3 Å². The second-order valence-corrected chi connectivity index (χ2v) is 5.95. The van der Waals surface area contributed by atoms with Crippen LogP contribution in [-0.4, -0.2) is 0 Å². The van der Waals surface area contributed by atoms with Crippen LogP contribution in [0.3, 0.4) is 0 Å². The SMILES string of the molecule is CCC1=[C-]CC(CC)=C1CC.CCC1=[C-]CC(CC)=C1CC.Cl.Cl.[Zr+2]. The first-order valence-electron chi connectivity index (χ1n) is 9.28. The van der Waals surface area contributed by atoms with Crippen LogP contribution in [0.5, 0.6) is 0 Å². The maximum Gasteiger partial charge on any atom is 2.00 e. The number of hydrogen-bond acceptors (Lipinski definition) is 0. The molecule has 2 aliphatic rings. The summed E-state index contributed by atoms with van der Waals surface area (Å²) < 4.78 is 0. The normalized spacial score (nSPS) is 15.4. The molecule has 0 atom stereocenters. The van der Waals surface area contributed by atoms with Gasteiger partial charge in [-0.25, -0.2) is 11.1 Å². The van der Waals surface area contributed by atoms with Crippen molar-refractivity contribution >= 4 is 24.8 Å². The van der Waals surface area contributed by atoms with E-state index in [9.17, 15) is 0 Å². The Morgan fingerprint density at radius 1 is 0.560 bits per heavy atom. The first-order valence-corrected chi connectivity index (χ1v) is 9.28. The van der Waals surface area contributed by atoms with Crippen molar-refractivity contribution in [1.82, 2.24) is 0 Å². The molecule has 142 valence electrons. The zero-order valence-electron chi connectivity index (χ0n) is 17.0. The summed E-state index contributed by atoms with van der Waals surface area (Å²) in [5.74, 6) is 0. The van der Waals surface area contributed by atoms with Gasteiger partial charge in [0.1, 0.15) is 0 Å². The van der Waals surface area contributed by atoms with Crippen LogP contribution in [0.15, 0.2) is 33.4 Å². The number of allylic oxidation sites excluding steroid dienone is 8. The third-order valence-electron chi connectivity index (χ3n) is 4.88. The van der Waals surface area contributed by atoms with E-state index in [-0.39, 0.29) is 51.0 Å². The molecule has 25 heavy (non-hydrogen) atoms. The smallest absolute Gasteiger partial charge is 0.269 e. The van der Waals surface area contributed by atoms with Gasteiger partial charge in [-0.3, -0.25) is 12.2 Å². The fourth-order valence-electron chi connectivity index (χ4n) is 3.56. The Bertz CT molecular complexity index is 450. The fraction of sp³-hybridized carbons (Fsp3) is 0.636. The van der Waals surface area contributed by atoms with Crippen LogP contribution in [0, 0.1) is 12.2 Å². The monoisotopic (exact) mass is 460 g/mol. The van der Waals surface area contributed by atoms with E-state index in [4.69, 9.17) is 0 Å². The largest absolute Gasteiger partial charge is 2.00 e. The van der Waals surface area contributed by atoms with Gasteiger partial charge in [0, 0.05) is 0 Å². The average molecular weight is 463 g/mol. The molecule has 0 saturated heterocycles. The molecule has 0 unspecified atom stereocenters. The Kier molecular flexibility index (Phi) is 20.0. The fourth-order valence-corrected chi connectivity index (χ4v) is 3.56. The van der Waals surface area contributed by atoms with Crippen molar-refractivity contribution in [1.29, 1.82) is 0 Å². The second-order valence-electron chi connectivity index (χ2n) is 5.95. The van der Waals surface area contributed by atoms with E-state index < -0.39 is 0 Å². The van der Waals surface area contributed by atoms with E-state index in [2.05, 4.69) is 53.7 Å². The molecule has 0 aliphatic heterocycles. The van der Waals surface area contributed by atoms with Crippen molar-refractivity contribution in [3.05, 3.63) is 45.6 Å². The molecule has 0 N–H and O–H groups in total. The van der Waals surface area contributed by atoms with E-state index in [1.807, 2.05) is 0 Å². The topological polar surface area (TPSA) is 0 Å². The first kappa shape index (κ1) is 30.2. The van der Waals surface area contributed by atoms with Gasteiger partial charge >= 0.3 is 26.2 Å². The maximum absolute atomic E-state index is 3.45. The molecule has 0 spiro atoms. The second kappa shape index (κ2) is 16.6. The quantitative estimate of drug-likeness (QED) is 0.350. The molecule has 0 aromatic heterocycles. The summed E-state index contributed by atoms with van der Waals surface area (Å²) in [6.07, 6.45) is 16.2. The van der Waals surface area contributed by atoms with Crippen molar-refractivity contribution < 1.29 is 26.2 Å². The molecule has 3 heteroatoms. The molecule has 2 aliphatic carbocycles. The molecule has 0 nitrogen and oxygen atoms in total. The third-order valence-corrected chi connectivity index (χ3v) is 4.88. The number of rotatable bonds is 6. The summed E-state index contributed by atoms with van der Waals surface area (Å²) >= 11 is 0. The molecule has 0 aromatic carbocycles. The minimum Gasteiger partial charge on any atom is -0.269 e. The molecule has 2 rings (SSSR count). The van der Waals surface area contributed by atoms with Crippen LogP contribution in [0.2, 0.25) is 0 Å². The summed E-state index contributed by atoms with van der Waals surface area (Å²) in [5, 5.41) is 0. The zero-order chi connectivity index (χ0) is 16.5. The van der Waals surface area contributed by atoms with Crippen LogP contribution >= 0.6 is 24.8 Å². The molecule has 0 saturated carbocycles. The molecule has 0 aromatic rings. The Morgan fingerprint density at radius 2 is 0.880 bits per heavy atom. The third kappa shape index (κ3) is 8.32. The van der Waals surface area contributed by atoms with Gasteiger partial charge in [0.05, 0.1) is 0 Å². The standard InChI is InChI=1S/2C11H17.2ClH.Zr/c2*1-4-9-7-8-10(5-2)11(9)6-3;;;/h2*4-7H2,1-3H3;2*1H;/q2*-1;;;+2. The van der Waals surface area contributed by atoms with Gasteiger partial charge in [-0.05, 0) is 0 Å². The molecule has 0 heterocycles. The van der Waals surface area contributed by atoms with Gasteiger partial charge in [-0.1, -0.05) is 80.1 Å². The van der Waals surface area contributed by atoms with Crippen LogP contribution < -0.4 is 0 Å². The molecule has 0 bridgehead atoms. The number of halogens is 2. The van der Waals surface area contributed by atoms with E-state index in [0.29, 0.717) is 0 Å². The van der Waals surface area contributed by atoms with Gasteiger partial charge in [0.25, 0.3) is 0 Å². The summed E-state index contributed by atoms with van der Waals surface area (Å²) in [5.41, 5.74) is 9.37. The zero-order valence-corrected chi connectivity index (χ0v) is 21.1. The van der Waals surface area contributed by atoms with Gasteiger partial charge in [0.15, 0.2) is 0 Å². The van der Waals surface area contributed by atoms with Crippen LogP contribution in [0.4, 0.5) is 0 Å². The van der Waals surface area contributed by atoms with Gasteiger partial charge < -0.3 is 0 Å². The van der Waals surface area contributed by atoms with Crippen LogP contribution in [-0.2, 0) is 26.2 Å². The van der Waals surface area contributed by atoms with E-state index in [0.717, 1.165) is 25.7 Å². The summed E-state index contributed by atoms with van der Waals surface area (Å²) in [6.45, 7) is 13.4. The van der Waals surface area contributed by atoms with Crippen molar-refractivity contribution in [2.24, 2.45) is 0 Å². The molecule has 0 fully saturated rings. The van der Waals surface area contributed by atoms with Gasteiger partial charge in [-0.15, -0.1) is 37.7 Å². The first-order chi connectivity index (χ1) is 10.7. The van der Waals surface area contributed by atoms with E-state index >= 15 is 0 Å². The number of hydrogen-bond donors (Lipinski definition) is 0.